The Kier molecular flexibility index (Phi) is 12.1. The molecule has 0 aromatic carbocycles. The van der Waals surface area contributed by atoms with Gasteiger partial charge in [-0.1, -0.05) is 27.4 Å². The van der Waals surface area contributed by atoms with Gasteiger partial charge < -0.3 is 44.3 Å². The van der Waals surface area contributed by atoms with E-state index in [1.165, 1.54) is 34.0 Å². The molecule has 11 nitrogen and oxygen atoms in total. The molecule has 2 fully saturated rings. The summed E-state index contributed by atoms with van der Waals surface area (Å²) >= 11 is 0. The number of rotatable bonds is 5. The summed E-state index contributed by atoms with van der Waals surface area (Å²) in [4.78, 5) is 28.7. The number of carbonyl (C=O) groups excluding carboxylic acids is 2. The highest BCUT2D eigenvalue weighted by Crippen LogP contribution is 2.39. The van der Waals surface area contributed by atoms with Gasteiger partial charge in [0.1, 0.15) is 17.5 Å². The van der Waals surface area contributed by atoms with Crippen LogP contribution in [0, 0.1) is 23.7 Å². The van der Waals surface area contributed by atoms with E-state index in [9.17, 15) is 30.0 Å². The van der Waals surface area contributed by atoms with E-state index in [0.29, 0.717) is 6.42 Å². The zero-order valence-corrected chi connectivity index (χ0v) is 26.3. The molecule has 4 N–H and O–H groups in total. The smallest absolute Gasteiger partial charge is 0.311 e. The molecule has 0 unspecified atom stereocenters. The fourth-order valence-corrected chi connectivity index (χ4v) is 6.34. The second-order valence-corrected chi connectivity index (χ2v) is 12.8. The highest BCUT2D eigenvalue weighted by Gasteiger charge is 2.51. The monoisotopic (exact) mass is 587 g/mol. The molecule has 0 aliphatic carbocycles. The summed E-state index contributed by atoms with van der Waals surface area (Å²) in [6, 6.07) is -0.253. The third-order valence-corrected chi connectivity index (χ3v) is 9.28. The van der Waals surface area contributed by atoms with Crippen LogP contribution in [0.25, 0.3) is 0 Å². The predicted octanol–water partition coefficient (Wildman–Crippen LogP) is 1.29. The Labute approximate surface area is 244 Å². The van der Waals surface area contributed by atoms with E-state index in [4.69, 9.17) is 18.9 Å². The van der Waals surface area contributed by atoms with Crippen LogP contribution in [-0.2, 0) is 28.5 Å². The number of aliphatic hydroxyl groups is 4. The van der Waals surface area contributed by atoms with E-state index in [-0.39, 0.29) is 24.3 Å². The van der Waals surface area contributed by atoms with Crippen LogP contribution in [0.4, 0.5) is 0 Å². The molecule has 238 valence electrons. The Morgan fingerprint density at radius 1 is 1.02 bits per heavy atom. The Morgan fingerprint density at radius 2 is 1.61 bits per heavy atom. The van der Waals surface area contributed by atoms with E-state index in [1.807, 2.05) is 25.9 Å². The molecule has 2 saturated heterocycles. The SMILES string of the molecule is C=C[C@H]1OC(=O)[C@H](C)[C@@H](O)[C@H](C)[C@@H](O[C@@H]2O[C@H](C)C[C@H](N(C)C)[C@H]2O)[C@](C)(OC)C[C@@H](C)C(=O)[C@H](C)[C@@H](O)[C@]1(C)O. The lowest BCUT2D eigenvalue weighted by Gasteiger charge is -2.48. The molecule has 0 amide bonds. The van der Waals surface area contributed by atoms with Gasteiger partial charge in [-0.05, 0) is 60.7 Å². The number of methoxy groups -OCH3 is 1. The summed E-state index contributed by atoms with van der Waals surface area (Å²) in [6.45, 7) is 14.9. The molecule has 0 saturated carbocycles. The lowest BCUT2D eigenvalue weighted by Crippen LogP contribution is -2.60. The maximum absolute atomic E-state index is 13.6. The van der Waals surface area contributed by atoms with Crippen LogP contribution in [0.5, 0.6) is 0 Å². The number of nitrogens with zero attached hydrogens (tertiary/aromatic N) is 1. The Morgan fingerprint density at radius 3 is 2.12 bits per heavy atom. The van der Waals surface area contributed by atoms with Gasteiger partial charge in [0.25, 0.3) is 0 Å². The first-order valence-corrected chi connectivity index (χ1v) is 14.5. The third-order valence-electron chi connectivity index (χ3n) is 9.28. The van der Waals surface area contributed by atoms with Crippen LogP contribution in [-0.4, -0.2) is 118 Å². The molecule has 0 spiro atoms. The molecule has 2 heterocycles. The molecule has 11 heteroatoms. The minimum absolute atomic E-state index is 0.114. The van der Waals surface area contributed by atoms with Crippen molar-refractivity contribution < 1.29 is 49.0 Å². The number of cyclic esters (lactones) is 1. The number of carbonyl (C=O) groups is 2. The summed E-state index contributed by atoms with van der Waals surface area (Å²) in [7, 11) is 5.19. The van der Waals surface area contributed by atoms with Crippen LogP contribution in [0.3, 0.4) is 0 Å². The molecule has 2 rings (SSSR count). The highest BCUT2D eigenvalue weighted by molar-refractivity contribution is 5.83. The molecule has 2 aliphatic heterocycles. The van der Waals surface area contributed by atoms with Crippen molar-refractivity contribution in [1.29, 1.82) is 0 Å². The standard InChI is InChI=1S/C30H53NO10/c1-12-21-30(8,37)25(35)17(4)22(32)15(2)14-29(7,38-11)26(18(5)23(33)19(6)27(36)40-21)41-28-24(34)20(31(9)10)13-16(3)39-28/h12,15-21,23-26,28,33-35,37H,1,13-14H2,2-11H3/t15-,16-,17+,18+,19-,20+,21-,23+,24-,25-,26-,28+,29-,30-/m1/s1. The van der Waals surface area contributed by atoms with Crippen molar-refractivity contribution in [3.8, 4) is 0 Å². The van der Waals surface area contributed by atoms with E-state index >= 15 is 0 Å². The second-order valence-electron chi connectivity index (χ2n) is 12.8. The van der Waals surface area contributed by atoms with Gasteiger partial charge in [0, 0.05) is 30.9 Å². The number of Topliss-reactive ketones (excluding diaryl/α,β-unsaturated/α-hetero) is 1. The van der Waals surface area contributed by atoms with Crippen LogP contribution < -0.4 is 0 Å². The lowest BCUT2D eigenvalue weighted by atomic mass is 9.74. The third kappa shape index (κ3) is 7.56. The fourth-order valence-electron chi connectivity index (χ4n) is 6.34. The summed E-state index contributed by atoms with van der Waals surface area (Å²) < 4.78 is 24.0. The summed E-state index contributed by atoms with van der Waals surface area (Å²) in [6.07, 6.45) is -5.66. The number of ether oxygens (including phenoxy) is 4. The van der Waals surface area contributed by atoms with Crippen LogP contribution in [0.1, 0.15) is 61.3 Å². The van der Waals surface area contributed by atoms with Crippen LogP contribution in [0.15, 0.2) is 12.7 Å². The quantitative estimate of drug-likeness (QED) is 0.272. The zero-order chi connectivity index (χ0) is 31.6. The van der Waals surface area contributed by atoms with Crippen molar-refractivity contribution in [2.75, 3.05) is 21.2 Å². The average molecular weight is 588 g/mol. The number of likely N-dealkylation sites (N-methyl/N-ethyl adjacent to an activating group) is 1. The van der Waals surface area contributed by atoms with Gasteiger partial charge in [-0.2, -0.15) is 0 Å². The number of esters is 1. The Balaban J connectivity index is 2.61. The summed E-state index contributed by atoms with van der Waals surface area (Å²) in [5, 5.41) is 44.9. The van der Waals surface area contributed by atoms with Gasteiger partial charge in [0.15, 0.2) is 12.4 Å². The summed E-state index contributed by atoms with van der Waals surface area (Å²) in [5.41, 5.74) is -3.24. The molecule has 2 aliphatic rings. The summed E-state index contributed by atoms with van der Waals surface area (Å²) in [5.74, 6) is -4.74. The fraction of sp³-hybridized carbons (Fsp3) is 0.867. The van der Waals surface area contributed by atoms with E-state index in [2.05, 4.69) is 6.58 Å². The Hall–Kier alpha value is -1.44. The maximum Gasteiger partial charge on any atom is 0.311 e. The van der Waals surface area contributed by atoms with Crippen LogP contribution in [0.2, 0.25) is 0 Å². The van der Waals surface area contributed by atoms with Crippen molar-refractivity contribution in [2.45, 2.75) is 121 Å². The minimum Gasteiger partial charge on any atom is -0.455 e. The number of hydrogen-bond acceptors (Lipinski definition) is 11. The molecule has 0 radical (unpaired) electrons. The van der Waals surface area contributed by atoms with Gasteiger partial charge in [-0.3, -0.25) is 9.59 Å². The number of ketones is 1. The van der Waals surface area contributed by atoms with Gasteiger partial charge in [-0.25, -0.2) is 0 Å². The largest absolute Gasteiger partial charge is 0.455 e. The molecular weight excluding hydrogens is 534 g/mol. The van der Waals surface area contributed by atoms with E-state index in [0.717, 1.165) is 0 Å². The van der Waals surface area contributed by atoms with Crippen LogP contribution >= 0.6 is 0 Å². The van der Waals surface area contributed by atoms with Gasteiger partial charge in [0.2, 0.25) is 0 Å². The first-order chi connectivity index (χ1) is 18.8. The molecule has 14 atom stereocenters. The van der Waals surface area contributed by atoms with Crippen molar-refractivity contribution in [3.05, 3.63) is 12.7 Å². The minimum atomic E-state index is -2.03. The van der Waals surface area contributed by atoms with Crippen molar-refractivity contribution in [1.82, 2.24) is 4.90 Å². The van der Waals surface area contributed by atoms with Crippen molar-refractivity contribution in [3.63, 3.8) is 0 Å². The molecule has 0 aromatic heterocycles. The lowest BCUT2D eigenvalue weighted by molar-refractivity contribution is -0.301. The van der Waals surface area contributed by atoms with Gasteiger partial charge in [-0.15, -0.1) is 0 Å². The number of hydrogen-bond donors (Lipinski definition) is 4. The van der Waals surface area contributed by atoms with E-state index < -0.39 is 77.7 Å². The zero-order valence-electron chi connectivity index (χ0n) is 26.3. The van der Waals surface area contributed by atoms with Crippen molar-refractivity contribution >= 4 is 11.8 Å². The first kappa shape index (κ1) is 35.8. The average Bonchev–Trinajstić information content (AvgIpc) is 2.92. The van der Waals surface area contributed by atoms with Gasteiger partial charge in [0.05, 0.1) is 35.9 Å². The molecular formula is C30H53NO10. The number of aliphatic hydroxyl groups excluding tert-OH is 3. The van der Waals surface area contributed by atoms with E-state index in [1.54, 1.807) is 20.8 Å². The first-order valence-electron chi connectivity index (χ1n) is 14.5. The molecule has 0 bridgehead atoms. The predicted molar refractivity (Wildman–Crippen MR) is 152 cm³/mol. The highest BCUT2D eigenvalue weighted by atomic mass is 16.7. The second kappa shape index (κ2) is 13.9. The maximum atomic E-state index is 13.6. The topological polar surface area (TPSA) is 155 Å². The molecule has 41 heavy (non-hydrogen) atoms. The van der Waals surface area contributed by atoms with Gasteiger partial charge >= 0.3 is 5.97 Å². The Bertz CT molecular complexity index is 912. The normalized spacial score (nSPS) is 47.5. The molecule has 0 aromatic rings. The van der Waals surface area contributed by atoms with Crippen molar-refractivity contribution in [2.24, 2.45) is 23.7 Å².